The normalized spacial score (nSPS) is 14.8. The third-order valence-corrected chi connectivity index (χ3v) is 3.68. The highest BCUT2D eigenvalue weighted by atomic mass is 16.3. The minimum absolute atomic E-state index is 0.0398. The molecule has 0 saturated heterocycles. The van der Waals surface area contributed by atoms with Gasteiger partial charge in [0.05, 0.1) is 6.61 Å². The van der Waals surface area contributed by atoms with Gasteiger partial charge in [0.25, 0.3) is 0 Å². The maximum absolute atomic E-state index is 12.1. The van der Waals surface area contributed by atoms with Gasteiger partial charge in [0, 0.05) is 36.4 Å². The molecule has 0 bridgehead atoms. The molecule has 19 heavy (non-hydrogen) atoms. The largest absolute Gasteiger partial charge is 0.392 e. The van der Waals surface area contributed by atoms with Gasteiger partial charge in [-0.25, -0.2) is 4.98 Å². The lowest BCUT2D eigenvalue weighted by molar-refractivity contribution is -0.130. The summed E-state index contributed by atoms with van der Waals surface area (Å²) in [4.78, 5) is 18.3. The van der Waals surface area contributed by atoms with E-state index in [1.165, 1.54) is 0 Å². The molecule has 2 aromatic heterocycles. The van der Waals surface area contributed by atoms with Gasteiger partial charge in [-0.3, -0.25) is 4.79 Å². The average Bonchev–Trinajstić information content (AvgIpc) is 3.22. The van der Waals surface area contributed by atoms with Crippen LogP contribution in [0.5, 0.6) is 0 Å². The first-order valence-electron chi connectivity index (χ1n) is 6.50. The minimum Gasteiger partial charge on any atom is -0.392 e. The molecule has 0 radical (unpaired) electrons. The number of aliphatic hydroxyl groups excluding tert-OH is 1. The highest BCUT2D eigenvalue weighted by molar-refractivity contribution is 5.83. The summed E-state index contributed by atoms with van der Waals surface area (Å²) in [6, 6.07) is 4.17. The molecule has 0 atom stereocenters. The molecule has 1 aliphatic rings. The van der Waals surface area contributed by atoms with Gasteiger partial charge in [-0.05, 0) is 25.0 Å². The van der Waals surface area contributed by atoms with Gasteiger partial charge < -0.3 is 14.6 Å². The lowest BCUT2D eigenvalue weighted by Crippen LogP contribution is -2.31. The lowest BCUT2D eigenvalue weighted by atomic mass is 10.2. The number of carbonyl (C=O) groups excluding carboxylic acids is 1. The van der Waals surface area contributed by atoms with Crippen molar-refractivity contribution in [2.24, 2.45) is 0 Å². The van der Waals surface area contributed by atoms with Crippen LogP contribution in [0.25, 0.3) is 11.0 Å². The van der Waals surface area contributed by atoms with E-state index in [1.54, 1.807) is 6.20 Å². The number of aliphatic hydroxyl groups is 1. The van der Waals surface area contributed by atoms with E-state index in [9.17, 15) is 9.90 Å². The van der Waals surface area contributed by atoms with Crippen LogP contribution in [0.4, 0.5) is 0 Å². The summed E-state index contributed by atoms with van der Waals surface area (Å²) in [5.41, 5.74) is 1.56. The summed E-state index contributed by atoms with van der Waals surface area (Å²) >= 11 is 0. The average molecular weight is 259 g/mol. The van der Waals surface area contributed by atoms with E-state index in [1.807, 2.05) is 34.8 Å². The summed E-state index contributed by atoms with van der Waals surface area (Å²) in [5, 5.41) is 10.3. The predicted molar refractivity (Wildman–Crippen MR) is 71.4 cm³/mol. The Morgan fingerprint density at radius 3 is 3.05 bits per heavy atom. The minimum atomic E-state index is -0.0398. The summed E-state index contributed by atoms with van der Waals surface area (Å²) in [6.45, 7) is 0.238. The van der Waals surface area contributed by atoms with E-state index in [0.717, 1.165) is 29.4 Å². The highest BCUT2D eigenvalue weighted by Gasteiger charge is 2.29. The molecular formula is C14H17N3O2. The van der Waals surface area contributed by atoms with E-state index < -0.39 is 0 Å². The van der Waals surface area contributed by atoms with Crippen LogP contribution >= 0.6 is 0 Å². The fourth-order valence-corrected chi connectivity index (χ4v) is 2.36. The van der Waals surface area contributed by atoms with Crippen molar-refractivity contribution in [1.82, 2.24) is 14.5 Å². The summed E-state index contributed by atoms with van der Waals surface area (Å²) in [6.07, 6.45) is 5.73. The molecule has 0 aromatic carbocycles. The molecule has 5 heteroatoms. The van der Waals surface area contributed by atoms with Crippen LogP contribution in [0.3, 0.4) is 0 Å². The predicted octanol–water partition coefficient (Wildman–Crippen LogP) is 1.15. The van der Waals surface area contributed by atoms with Crippen LogP contribution in [-0.2, 0) is 17.9 Å². The topological polar surface area (TPSA) is 58.4 Å². The van der Waals surface area contributed by atoms with Gasteiger partial charge in [-0.2, -0.15) is 0 Å². The number of pyridine rings is 1. The molecule has 0 spiro atoms. The van der Waals surface area contributed by atoms with E-state index in [4.69, 9.17) is 0 Å². The Morgan fingerprint density at radius 2 is 2.37 bits per heavy atom. The highest BCUT2D eigenvalue weighted by Crippen LogP contribution is 2.26. The molecule has 100 valence electrons. The summed E-state index contributed by atoms with van der Waals surface area (Å²) in [5.74, 6) is 0.0922. The van der Waals surface area contributed by atoms with Crippen LogP contribution in [-0.4, -0.2) is 38.6 Å². The zero-order valence-corrected chi connectivity index (χ0v) is 10.9. The molecule has 1 saturated carbocycles. The molecule has 2 aromatic rings. The number of hydrogen-bond acceptors (Lipinski definition) is 3. The number of fused-ring (bicyclic) bond motifs is 1. The second-order valence-electron chi connectivity index (χ2n) is 5.05. The van der Waals surface area contributed by atoms with Gasteiger partial charge in [0.2, 0.25) is 5.91 Å². The van der Waals surface area contributed by atoms with Crippen molar-refractivity contribution in [3.05, 3.63) is 30.1 Å². The van der Waals surface area contributed by atoms with Crippen molar-refractivity contribution in [3.63, 3.8) is 0 Å². The third-order valence-electron chi connectivity index (χ3n) is 3.68. The van der Waals surface area contributed by atoms with Crippen molar-refractivity contribution >= 4 is 16.9 Å². The SMILES string of the molecule is CN(C(=O)Cn1cc(CO)c2cccnc21)C1CC1. The molecule has 5 nitrogen and oxygen atoms in total. The second-order valence-corrected chi connectivity index (χ2v) is 5.05. The number of aromatic nitrogens is 2. The smallest absolute Gasteiger partial charge is 0.242 e. The molecule has 0 unspecified atom stereocenters. The summed E-state index contributed by atoms with van der Waals surface area (Å²) < 4.78 is 1.82. The Balaban J connectivity index is 1.89. The van der Waals surface area contributed by atoms with Crippen LogP contribution in [0.15, 0.2) is 24.5 Å². The van der Waals surface area contributed by atoms with Crippen molar-refractivity contribution in [3.8, 4) is 0 Å². The van der Waals surface area contributed by atoms with Crippen LogP contribution in [0.1, 0.15) is 18.4 Å². The van der Waals surface area contributed by atoms with E-state index in [2.05, 4.69) is 4.98 Å². The zero-order valence-electron chi connectivity index (χ0n) is 10.9. The molecule has 1 fully saturated rings. The first-order valence-corrected chi connectivity index (χ1v) is 6.50. The van der Waals surface area contributed by atoms with Crippen LogP contribution < -0.4 is 0 Å². The number of nitrogens with zero attached hydrogens (tertiary/aromatic N) is 3. The number of carbonyl (C=O) groups is 1. The molecule has 1 N–H and O–H groups in total. The van der Waals surface area contributed by atoms with Crippen molar-refractivity contribution < 1.29 is 9.90 Å². The van der Waals surface area contributed by atoms with E-state index in [-0.39, 0.29) is 19.1 Å². The number of rotatable bonds is 4. The third kappa shape index (κ3) is 2.21. The monoisotopic (exact) mass is 259 g/mol. The van der Waals surface area contributed by atoms with Crippen LogP contribution in [0.2, 0.25) is 0 Å². The quantitative estimate of drug-likeness (QED) is 0.896. The zero-order chi connectivity index (χ0) is 13.4. The Bertz CT molecular complexity index is 616. The maximum atomic E-state index is 12.1. The van der Waals surface area contributed by atoms with Gasteiger partial charge in [0.15, 0.2) is 0 Å². The van der Waals surface area contributed by atoms with Crippen molar-refractivity contribution in [2.75, 3.05) is 7.05 Å². The molecule has 1 amide bonds. The fraction of sp³-hybridized carbons (Fsp3) is 0.429. The molecule has 1 aliphatic carbocycles. The van der Waals surface area contributed by atoms with Crippen molar-refractivity contribution in [1.29, 1.82) is 0 Å². The Hall–Kier alpha value is -1.88. The number of hydrogen-bond donors (Lipinski definition) is 1. The van der Waals surface area contributed by atoms with Crippen molar-refractivity contribution in [2.45, 2.75) is 32.0 Å². The van der Waals surface area contributed by atoms with Gasteiger partial charge in [-0.1, -0.05) is 0 Å². The van der Waals surface area contributed by atoms with Gasteiger partial charge in [0.1, 0.15) is 12.2 Å². The maximum Gasteiger partial charge on any atom is 0.242 e. The number of amides is 1. The Labute approximate surface area is 111 Å². The first kappa shape index (κ1) is 12.2. The molecule has 2 heterocycles. The second kappa shape index (κ2) is 4.66. The molecular weight excluding hydrogens is 242 g/mol. The lowest BCUT2D eigenvalue weighted by Gasteiger charge is -2.16. The Morgan fingerprint density at radius 1 is 1.58 bits per heavy atom. The standard InChI is InChI=1S/C14H17N3O2/c1-16(11-4-5-11)13(19)8-17-7-10(9-18)12-3-2-6-15-14(12)17/h2-3,6-7,11,18H,4-5,8-9H2,1H3. The molecule has 3 rings (SSSR count). The van der Waals surface area contributed by atoms with E-state index in [0.29, 0.717) is 6.04 Å². The Kier molecular flexibility index (Phi) is 2.98. The first-order chi connectivity index (χ1) is 9.20. The molecule has 0 aliphatic heterocycles. The van der Waals surface area contributed by atoms with Crippen LogP contribution in [0, 0.1) is 0 Å². The van der Waals surface area contributed by atoms with E-state index >= 15 is 0 Å². The van der Waals surface area contributed by atoms with Gasteiger partial charge >= 0.3 is 0 Å². The fourth-order valence-electron chi connectivity index (χ4n) is 2.36. The number of likely N-dealkylation sites (N-methyl/N-ethyl adjacent to an activating group) is 1. The summed E-state index contributed by atoms with van der Waals surface area (Å²) in [7, 11) is 1.85. The van der Waals surface area contributed by atoms with Gasteiger partial charge in [-0.15, -0.1) is 0 Å².